The summed E-state index contributed by atoms with van der Waals surface area (Å²) >= 11 is 0. The van der Waals surface area contributed by atoms with E-state index >= 15 is 0 Å². The van der Waals surface area contributed by atoms with Crippen LogP contribution in [0, 0.1) is 11.1 Å². The first kappa shape index (κ1) is 11.9. The minimum atomic E-state index is -0.0786. The molecule has 1 aliphatic carbocycles. The predicted octanol–water partition coefficient (Wildman–Crippen LogP) is 1.63. The Kier molecular flexibility index (Phi) is 3.61. The van der Waals surface area contributed by atoms with Crippen molar-refractivity contribution in [1.29, 1.82) is 0 Å². The van der Waals surface area contributed by atoms with Crippen LogP contribution in [-0.4, -0.2) is 11.9 Å². The Labute approximate surface area is 101 Å². The lowest BCUT2D eigenvalue weighted by molar-refractivity contribution is -0.605. The summed E-state index contributed by atoms with van der Waals surface area (Å²) in [7, 11) is 0. The average Bonchev–Trinajstić information content (AvgIpc) is 2.33. The maximum Gasteiger partial charge on any atom is 0.251 e. The highest BCUT2D eigenvalue weighted by Gasteiger charge is 2.20. The SMILES string of the molecule is CC1CCC(NC(=O)c2cc[n+]([O-])cc2)CC1. The van der Waals surface area contributed by atoms with Crippen LogP contribution >= 0.6 is 0 Å². The Balaban J connectivity index is 1.91. The van der Waals surface area contributed by atoms with E-state index in [0.717, 1.165) is 18.8 Å². The quantitative estimate of drug-likeness (QED) is 0.624. The van der Waals surface area contributed by atoms with E-state index in [9.17, 15) is 10.0 Å². The Morgan fingerprint density at radius 1 is 1.29 bits per heavy atom. The van der Waals surface area contributed by atoms with Crippen LogP contribution in [0.4, 0.5) is 0 Å². The third-order valence-corrected chi connectivity index (χ3v) is 3.42. The zero-order valence-electron chi connectivity index (χ0n) is 10.1. The first-order valence-corrected chi connectivity index (χ1v) is 6.15. The van der Waals surface area contributed by atoms with Gasteiger partial charge in [-0.3, -0.25) is 4.79 Å². The summed E-state index contributed by atoms with van der Waals surface area (Å²) in [6.45, 7) is 2.25. The molecule has 0 aliphatic heterocycles. The van der Waals surface area contributed by atoms with Gasteiger partial charge in [-0.2, -0.15) is 4.73 Å². The number of aromatic nitrogens is 1. The largest absolute Gasteiger partial charge is 0.619 e. The molecule has 4 nitrogen and oxygen atoms in total. The molecule has 1 heterocycles. The van der Waals surface area contributed by atoms with E-state index in [4.69, 9.17) is 0 Å². The molecule has 0 bridgehead atoms. The smallest absolute Gasteiger partial charge is 0.251 e. The van der Waals surface area contributed by atoms with Crippen LogP contribution in [0.2, 0.25) is 0 Å². The Morgan fingerprint density at radius 2 is 1.88 bits per heavy atom. The van der Waals surface area contributed by atoms with E-state index in [2.05, 4.69) is 12.2 Å². The summed E-state index contributed by atoms with van der Waals surface area (Å²) < 4.78 is 0.680. The van der Waals surface area contributed by atoms with Crippen molar-refractivity contribution in [2.24, 2.45) is 5.92 Å². The maximum atomic E-state index is 11.9. The van der Waals surface area contributed by atoms with E-state index in [1.54, 1.807) is 12.1 Å². The lowest BCUT2D eigenvalue weighted by atomic mass is 9.87. The van der Waals surface area contributed by atoms with Crippen molar-refractivity contribution in [2.45, 2.75) is 38.6 Å². The molecule has 2 rings (SSSR count). The van der Waals surface area contributed by atoms with Crippen LogP contribution in [0.3, 0.4) is 0 Å². The minimum Gasteiger partial charge on any atom is -0.619 e. The van der Waals surface area contributed by atoms with Crippen molar-refractivity contribution in [2.75, 3.05) is 0 Å². The van der Waals surface area contributed by atoms with Gasteiger partial charge < -0.3 is 10.5 Å². The molecular formula is C13H18N2O2. The van der Waals surface area contributed by atoms with E-state index in [1.807, 2.05) is 0 Å². The third-order valence-electron chi connectivity index (χ3n) is 3.42. The van der Waals surface area contributed by atoms with Gasteiger partial charge in [-0.1, -0.05) is 6.92 Å². The molecule has 1 N–H and O–H groups in total. The Hall–Kier alpha value is -1.58. The van der Waals surface area contributed by atoms with Crippen molar-refractivity contribution in [3.8, 4) is 0 Å². The monoisotopic (exact) mass is 234 g/mol. The molecule has 17 heavy (non-hydrogen) atoms. The molecule has 0 saturated heterocycles. The molecule has 92 valence electrons. The fraction of sp³-hybridized carbons (Fsp3) is 0.538. The third kappa shape index (κ3) is 3.19. The summed E-state index contributed by atoms with van der Waals surface area (Å²) in [5, 5.41) is 13.9. The van der Waals surface area contributed by atoms with E-state index < -0.39 is 0 Å². The molecule has 1 amide bonds. The topological polar surface area (TPSA) is 56.0 Å². The molecule has 0 atom stereocenters. The number of nitrogens with one attached hydrogen (secondary N) is 1. The molecule has 1 fully saturated rings. The molecule has 0 spiro atoms. The lowest BCUT2D eigenvalue weighted by Crippen LogP contribution is -2.37. The highest BCUT2D eigenvalue weighted by molar-refractivity contribution is 5.94. The van der Waals surface area contributed by atoms with Crippen LogP contribution in [0.5, 0.6) is 0 Å². The summed E-state index contributed by atoms with van der Waals surface area (Å²) in [4.78, 5) is 11.9. The van der Waals surface area contributed by atoms with Gasteiger partial charge in [0.2, 0.25) is 0 Å². The number of rotatable bonds is 2. The molecule has 1 aliphatic rings. The van der Waals surface area contributed by atoms with Gasteiger partial charge in [0, 0.05) is 18.2 Å². The van der Waals surface area contributed by atoms with Crippen LogP contribution < -0.4 is 10.0 Å². The number of hydrogen-bond acceptors (Lipinski definition) is 2. The Bertz CT molecular complexity index is 381. The number of amides is 1. The molecule has 0 radical (unpaired) electrons. The van der Waals surface area contributed by atoms with Gasteiger partial charge >= 0.3 is 0 Å². The summed E-state index contributed by atoms with van der Waals surface area (Å²) in [5.41, 5.74) is 0.552. The van der Waals surface area contributed by atoms with E-state index in [1.165, 1.54) is 25.2 Å². The van der Waals surface area contributed by atoms with Crippen LogP contribution in [0.1, 0.15) is 43.0 Å². The van der Waals surface area contributed by atoms with Crippen LogP contribution in [0.25, 0.3) is 0 Å². The zero-order valence-corrected chi connectivity index (χ0v) is 10.1. The van der Waals surface area contributed by atoms with Gasteiger partial charge in [0.05, 0.1) is 5.56 Å². The molecule has 0 unspecified atom stereocenters. The van der Waals surface area contributed by atoms with Gasteiger partial charge in [0.25, 0.3) is 5.91 Å². The molecule has 1 aromatic heterocycles. The number of hydrogen-bond donors (Lipinski definition) is 1. The second-order valence-corrected chi connectivity index (χ2v) is 4.88. The molecule has 1 saturated carbocycles. The zero-order chi connectivity index (χ0) is 12.3. The number of pyridine rings is 1. The number of carbonyl (C=O) groups is 1. The van der Waals surface area contributed by atoms with Crippen molar-refractivity contribution >= 4 is 5.91 Å². The lowest BCUT2D eigenvalue weighted by Gasteiger charge is -2.26. The fourth-order valence-corrected chi connectivity index (χ4v) is 2.24. The molecule has 0 aromatic carbocycles. The second-order valence-electron chi connectivity index (χ2n) is 4.88. The Morgan fingerprint density at radius 3 is 2.47 bits per heavy atom. The highest BCUT2D eigenvalue weighted by atomic mass is 16.5. The molecule has 1 aromatic rings. The van der Waals surface area contributed by atoms with Gasteiger partial charge in [-0.05, 0) is 31.6 Å². The van der Waals surface area contributed by atoms with Crippen molar-refractivity contribution < 1.29 is 9.52 Å². The first-order valence-electron chi connectivity index (χ1n) is 6.15. The summed E-state index contributed by atoms with van der Waals surface area (Å²) in [6.07, 6.45) is 7.17. The maximum absolute atomic E-state index is 11.9. The minimum absolute atomic E-state index is 0.0786. The second kappa shape index (κ2) is 5.17. The van der Waals surface area contributed by atoms with Crippen molar-refractivity contribution in [1.82, 2.24) is 5.32 Å². The molecular weight excluding hydrogens is 216 g/mol. The van der Waals surface area contributed by atoms with Gasteiger partial charge in [-0.25, -0.2) is 0 Å². The summed E-state index contributed by atoms with van der Waals surface area (Å²) in [6, 6.07) is 3.39. The number of nitrogens with zero attached hydrogens (tertiary/aromatic N) is 1. The van der Waals surface area contributed by atoms with E-state index in [-0.39, 0.29) is 5.91 Å². The first-order chi connectivity index (χ1) is 8.15. The van der Waals surface area contributed by atoms with Crippen molar-refractivity contribution in [3.05, 3.63) is 35.3 Å². The van der Waals surface area contributed by atoms with Crippen LogP contribution in [-0.2, 0) is 0 Å². The van der Waals surface area contributed by atoms with Crippen LogP contribution in [0.15, 0.2) is 24.5 Å². The highest BCUT2D eigenvalue weighted by Crippen LogP contribution is 2.23. The summed E-state index contributed by atoms with van der Waals surface area (Å²) in [5.74, 6) is 0.699. The van der Waals surface area contributed by atoms with Gasteiger partial charge in [0.15, 0.2) is 12.4 Å². The van der Waals surface area contributed by atoms with Crippen molar-refractivity contribution in [3.63, 3.8) is 0 Å². The van der Waals surface area contributed by atoms with Gasteiger partial charge in [0.1, 0.15) is 0 Å². The molecule has 4 heteroatoms. The predicted molar refractivity (Wildman–Crippen MR) is 64.3 cm³/mol. The van der Waals surface area contributed by atoms with E-state index in [0.29, 0.717) is 16.3 Å². The van der Waals surface area contributed by atoms with Gasteiger partial charge in [-0.15, -0.1) is 0 Å². The standard InChI is InChI=1S/C13H18N2O2/c1-10-2-4-12(5-3-10)14-13(16)11-6-8-15(17)9-7-11/h6-10,12H,2-5H2,1H3,(H,14,16). The fourth-order valence-electron chi connectivity index (χ4n) is 2.24. The normalized spacial score (nSPS) is 24.3. The average molecular weight is 234 g/mol. The number of carbonyl (C=O) groups excluding carboxylic acids is 1.